The molecule has 0 spiro atoms. The lowest BCUT2D eigenvalue weighted by molar-refractivity contribution is -0.0502. The van der Waals surface area contributed by atoms with E-state index in [0.29, 0.717) is 37.2 Å². The van der Waals surface area contributed by atoms with E-state index in [1.165, 1.54) is 6.07 Å². The number of ether oxygens (including phenoxy) is 1. The molecule has 9 heteroatoms. The molecule has 0 fully saturated rings. The van der Waals surface area contributed by atoms with Gasteiger partial charge in [0.15, 0.2) is 0 Å². The standard InChI is InChI=1S/C34H42F2N2O5/c1-4-12-38(13-5-2)34(42)27-16-23(3)15-26(20-27)33(41)37-30(19-25-17-28(35)21-29(36)18-25)32(40)31(39)22-43-14-11-24-9-7-6-8-10-24/h6-10,15-18,20-21,30-32,39-40H,4-5,11-14,19,22H2,1-3H3,(H,37,41)/t30-,31+,32+/m0/s1. The van der Waals surface area contributed by atoms with Crippen molar-refractivity contribution in [2.24, 2.45) is 0 Å². The van der Waals surface area contributed by atoms with Crippen molar-refractivity contribution in [3.63, 3.8) is 0 Å². The molecule has 0 aliphatic carbocycles. The summed E-state index contributed by atoms with van der Waals surface area (Å²) >= 11 is 0. The molecule has 0 aliphatic heterocycles. The molecule has 3 aromatic carbocycles. The van der Waals surface area contributed by atoms with Gasteiger partial charge in [-0.2, -0.15) is 0 Å². The van der Waals surface area contributed by atoms with Gasteiger partial charge in [0, 0.05) is 30.3 Å². The van der Waals surface area contributed by atoms with Gasteiger partial charge in [0.2, 0.25) is 0 Å². The van der Waals surface area contributed by atoms with Crippen molar-refractivity contribution < 1.29 is 33.3 Å². The van der Waals surface area contributed by atoms with Crippen molar-refractivity contribution in [2.45, 2.75) is 64.7 Å². The van der Waals surface area contributed by atoms with Crippen LogP contribution in [0.15, 0.2) is 66.7 Å². The maximum atomic E-state index is 14.0. The number of aliphatic hydroxyl groups is 2. The maximum absolute atomic E-state index is 14.0. The average molecular weight is 597 g/mol. The highest BCUT2D eigenvalue weighted by molar-refractivity contribution is 6.00. The Morgan fingerprint density at radius 3 is 2.14 bits per heavy atom. The van der Waals surface area contributed by atoms with Crippen LogP contribution in [0.1, 0.15) is 64.1 Å². The second-order valence-corrected chi connectivity index (χ2v) is 10.8. The molecule has 3 N–H and O–H groups in total. The summed E-state index contributed by atoms with van der Waals surface area (Å²) < 4.78 is 33.5. The van der Waals surface area contributed by atoms with Crippen LogP contribution in [0.5, 0.6) is 0 Å². The molecule has 0 unspecified atom stereocenters. The Morgan fingerprint density at radius 2 is 1.51 bits per heavy atom. The second kappa shape index (κ2) is 16.8. The predicted octanol–water partition coefficient (Wildman–Crippen LogP) is 4.86. The summed E-state index contributed by atoms with van der Waals surface area (Å²) in [7, 11) is 0. The first kappa shape index (κ1) is 33.8. The monoisotopic (exact) mass is 596 g/mol. The topological polar surface area (TPSA) is 99.1 Å². The number of carbonyl (C=O) groups excluding carboxylic acids is 2. The zero-order valence-electron chi connectivity index (χ0n) is 25.1. The minimum Gasteiger partial charge on any atom is -0.388 e. The fourth-order valence-electron chi connectivity index (χ4n) is 4.97. The molecule has 232 valence electrons. The molecule has 2 amide bonds. The van der Waals surface area contributed by atoms with E-state index < -0.39 is 35.8 Å². The Labute approximate surface area is 252 Å². The molecule has 3 aromatic rings. The number of carbonyl (C=O) groups is 2. The van der Waals surface area contributed by atoms with Gasteiger partial charge >= 0.3 is 0 Å². The Balaban J connectivity index is 1.78. The fourth-order valence-corrected chi connectivity index (χ4v) is 4.97. The lowest BCUT2D eigenvalue weighted by atomic mass is 9.96. The number of halogens is 2. The molecule has 43 heavy (non-hydrogen) atoms. The first-order valence-corrected chi connectivity index (χ1v) is 14.8. The minimum atomic E-state index is -1.53. The van der Waals surface area contributed by atoms with Crippen LogP contribution in [0.25, 0.3) is 0 Å². The maximum Gasteiger partial charge on any atom is 0.253 e. The van der Waals surface area contributed by atoms with Crippen molar-refractivity contribution in [3.8, 4) is 0 Å². The van der Waals surface area contributed by atoms with Crippen molar-refractivity contribution in [1.29, 1.82) is 0 Å². The predicted molar refractivity (Wildman–Crippen MR) is 162 cm³/mol. The molecule has 0 aliphatic rings. The third-order valence-corrected chi connectivity index (χ3v) is 7.03. The highest BCUT2D eigenvalue weighted by Crippen LogP contribution is 2.17. The van der Waals surface area contributed by atoms with Gasteiger partial charge in [0.1, 0.15) is 23.8 Å². The zero-order chi connectivity index (χ0) is 31.4. The number of hydrogen-bond donors (Lipinski definition) is 3. The number of aryl methyl sites for hydroxylation is 1. The van der Waals surface area contributed by atoms with Crippen LogP contribution in [-0.2, 0) is 17.6 Å². The van der Waals surface area contributed by atoms with Crippen molar-refractivity contribution >= 4 is 11.8 Å². The summed E-state index contributed by atoms with van der Waals surface area (Å²) in [6.45, 7) is 7.01. The second-order valence-electron chi connectivity index (χ2n) is 10.8. The first-order valence-electron chi connectivity index (χ1n) is 14.8. The van der Waals surface area contributed by atoms with Crippen molar-refractivity contribution in [3.05, 3.63) is 106 Å². The van der Waals surface area contributed by atoms with Gasteiger partial charge in [-0.05, 0) is 79.6 Å². The summed E-state index contributed by atoms with van der Waals surface area (Å²) in [5.74, 6) is -2.39. The molecule has 0 saturated carbocycles. The van der Waals surface area contributed by atoms with Crippen LogP contribution in [0, 0.1) is 18.6 Å². The van der Waals surface area contributed by atoms with E-state index in [1.807, 2.05) is 44.2 Å². The van der Waals surface area contributed by atoms with Crippen molar-refractivity contribution in [2.75, 3.05) is 26.3 Å². The molecule has 0 bridgehead atoms. The van der Waals surface area contributed by atoms with Gasteiger partial charge < -0.3 is 25.2 Å². The summed E-state index contributed by atoms with van der Waals surface area (Å²) in [6.07, 6.45) is -0.892. The zero-order valence-corrected chi connectivity index (χ0v) is 25.1. The summed E-state index contributed by atoms with van der Waals surface area (Å²) in [6, 6.07) is 16.3. The smallest absolute Gasteiger partial charge is 0.253 e. The van der Waals surface area contributed by atoms with E-state index in [9.17, 15) is 28.6 Å². The van der Waals surface area contributed by atoms with Gasteiger partial charge in [0.25, 0.3) is 11.8 Å². The van der Waals surface area contributed by atoms with Gasteiger partial charge in [-0.15, -0.1) is 0 Å². The number of rotatable bonds is 16. The number of nitrogens with one attached hydrogen (secondary N) is 1. The van der Waals surface area contributed by atoms with Gasteiger partial charge in [-0.3, -0.25) is 9.59 Å². The fraction of sp³-hybridized carbons (Fsp3) is 0.412. The molecule has 7 nitrogen and oxygen atoms in total. The lowest BCUT2D eigenvalue weighted by Crippen LogP contribution is -2.51. The molecule has 0 radical (unpaired) electrons. The number of nitrogens with zero attached hydrogens (tertiary/aromatic N) is 1. The Bertz CT molecular complexity index is 1310. The van der Waals surface area contributed by atoms with Crippen LogP contribution in [0.2, 0.25) is 0 Å². The van der Waals surface area contributed by atoms with Crippen molar-refractivity contribution in [1.82, 2.24) is 10.2 Å². The highest BCUT2D eigenvalue weighted by atomic mass is 19.1. The van der Waals surface area contributed by atoms with E-state index >= 15 is 0 Å². The van der Waals surface area contributed by atoms with Crippen LogP contribution in [-0.4, -0.2) is 71.5 Å². The normalized spacial score (nSPS) is 13.3. The van der Waals surface area contributed by atoms with E-state index in [2.05, 4.69) is 5.32 Å². The average Bonchev–Trinajstić information content (AvgIpc) is 2.97. The Hall–Kier alpha value is -3.66. The van der Waals surface area contributed by atoms with Crippen LogP contribution in [0.3, 0.4) is 0 Å². The number of aliphatic hydroxyl groups excluding tert-OH is 2. The molecule has 0 heterocycles. The van der Waals surface area contributed by atoms with E-state index in [1.54, 1.807) is 24.0 Å². The minimum absolute atomic E-state index is 0.166. The molecule has 0 aromatic heterocycles. The number of benzene rings is 3. The third-order valence-electron chi connectivity index (χ3n) is 7.03. The Kier molecular flexibility index (Phi) is 13.3. The van der Waals surface area contributed by atoms with Gasteiger partial charge in [-0.25, -0.2) is 8.78 Å². The third kappa shape index (κ3) is 10.5. The van der Waals surface area contributed by atoms with E-state index in [4.69, 9.17) is 4.74 Å². The summed E-state index contributed by atoms with van der Waals surface area (Å²) in [5, 5.41) is 24.6. The summed E-state index contributed by atoms with van der Waals surface area (Å²) in [4.78, 5) is 28.4. The van der Waals surface area contributed by atoms with Gasteiger partial charge in [-0.1, -0.05) is 44.2 Å². The molecule has 3 atom stereocenters. The largest absolute Gasteiger partial charge is 0.388 e. The molecular formula is C34H42F2N2O5. The van der Waals surface area contributed by atoms with E-state index in [0.717, 1.165) is 36.6 Å². The SMILES string of the molecule is CCCN(CCC)C(=O)c1cc(C)cc(C(=O)N[C@@H](Cc2cc(F)cc(F)c2)[C@@H](O)[C@H](O)COCCc2ccccc2)c1. The molecule has 3 rings (SSSR count). The number of amides is 2. The lowest BCUT2D eigenvalue weighted by Gasteiger charge is -2.28. The molecule has 0 saturated heterocycles. The highest BCUT2D eigenvalue weighted by Gasteiger charge is 2.29. The summed E-state index contributed by atoms with van der Waals surface area (Å²) in [5.41, 5.74) is 2.49. The molecular weight excluding hydrogens is 554 g/mol. The number of hydrogen-bond acceptors (Lipinski definition) is 5. The van der Waals surface area contributed by atoms with Gasteiger partial charge in [0.05, 0.1) is 19.3 Å². The van der Waals surface area contributed by atoms with Crippen LogP contribution < -0.4 is 5.32 Å². The Morgan fingerprint density at radius 1 is 0.884 bits per heavy atom. The quantitative estimate of drug-likeness (QED) is 0.205. The van der Waals surface area contributed by atoms with Crippen LogP contribution >= 0.6 is 0 Å². The van der Waals surface area contributed by atoms with Crippen LogP contribution in [0.4, 0.5) is 8.78 Å². The van der Waals surface area contributed by atoms with E-state index in [-0.39, 0.29) is 30.1 Å². The first-order chi connectivity index (χ1) is 20.6.